The van der Waals surface area contributed by atoms with Crippen molar-refractivity contribution in [1.82, 2.24) is 14.5 Å². The SMILES string of the molecule is C=CCN(Cc1ccc(C(=O)NCCN(C)C)cc1)S(=O)(=O)c1ccccc1. The van der Waals surface area contributed by atoms with Crippen LogP contribution in [0.15, 0.2) is 72.1 Å². The molecule has 150 valence electrons. The van der Waals surface area contributed by atoms with E-state index in [4.69, 9.17) is 0 Å². The van der Waals surface area contributed by atoms with Crippen molar-refractivity contribution in [3.05, 3.63) is 78.4 Å². The molecular weight excluding hydrogens is 374 g/mol. The average Bonchev–Trinajstić information content (AvgIpc) is 2.68. The zero-order valence-electron chi connectivity index (χ0n) is 16.3. The van der Waals surface area contributed by atoms with E-state index in [2.05, 4.69) is 11.9 Å². The normalized spacial score (nSPS) is 11.6. The Morgan fingerprint density at radius 3 is 2.29 bits per heavy atom. The Kier molecular flexibility index (Phi) is 7.92. The van der Waals surface area contributed by atoms with Gasteiger partial charge in [0.15, 0.2) is 0 Å². The Balaban J connectivity index is 2.09. The van der Waals surface area contributed by atoms with Gasteiger partial charge in [-0.15, -0.1) is 6.58 Å². The van der Waals surface area contributed by atoms with Gasteiger partial charge < -0.3 is 10.2 Å². The Morgan fingerprint density at radius 2 is 1.71 bits per heavy atom. The fourth-order valence-corrected chi connectivity index (χ4v) is 4.01. The fourth-order valence-electron chi connectivity index (χ4n) is 2.59. The second-order valence-corrected chi connectivity index (χ2v) is 8.59. The fraction of sp³-hybridized carbons (Fsp3) is 0.286. The van der Waals surface area contributed by atoms with Crippen molar-refractivity contribution in [2.75, 3.05) is 33.7 Å². The van der Waals surface area contributed by atoms with Crippen LogP contribution in [0.4, 0.5) is 0 Å². The van der Waals surface area contributed by atoms with Crippen LogP contribution in [-0.4, -0.2) is 57.3 Å². The number of hydrogen-bond acceptors (Lipinski definition) is 4. The summed E-state index contributed by atoms with van der Waals surface area (Å²) in [6, 6.07) is 15.3. The Bertz CT molecular complexity index is 879. The third kappa shape index (κ3) is 6.02. The first-order chi connectivity index (χ1) is 13.3. The molecule has 6 nitrogen and oxygen atoms in total. The number of likely N-dealkylation sites (N-methyl/N-ethyl adjacent to an activating group) is 1. The number of carbonyl (C=O) groups excluding carboxylic acids is 1. The van der Waals surface area contributed by atoms with E-state index in [-0.39, 0.29) is 23.9 Å². The highest BCUT2D eigenvalue weighted by molar-refractivity contribution is 7.89. The molecule has 0 fully saturated rings. The van der Waals surface area contributed by atoms with Gasteiger partial charge in [-0.3, -0.25) is 4.79 Å². The molecule has 0 saturated carbocycles. The molecule has 0 spiro atoms. The van der Waals surface area contributed by atoms with Crippen molar-refractivity contribution in [2.24, 2.45) is 0 Å². The number of sulfonamides is 1. The predicted octanol–water partition coefficient (Wildman–Crippen LogP) is 2.35. The number of hydrogen-bond donors (Lipinski definition) is 1. The van der Waals surface area contributed by atoms with Crippen LogP contribution in [0.3, 0.4) is 0 Å². The summed E-state index contributed by atoms with van der Waals surface area (Å²) in [5.41, 5.74) is 1.34. The average molecular weight is 402 g/mol. The molecular formula is C21H27N3O3S. The van der Waals surface area contributed by atoms with Crippen LogP contribution in [-0.2, 0) is 16.6 Å². The second kappa shape index (κ2) is 10.2. The maximum absolute atomic E-state index is 12.9. The van der Waals surface area contributed by atoms with Crippen molar-refractivity contribution < 1.29 is 13.2 Å². The molecule has 2 rings (SSSR count). The summed E-state index contributed by atoms with van der Waals surface area (Å²) >= 11 is 0. The molecule has 1 amide bonds. The lowest BCUT2D eigenvalue weighted by Crippen LogP contribution is -2.31. The first-order valence-corrected chi connectivity index (χ1v) is 10.5. The molecule has 1 N–H and O–H groups in total. The molecule has 2 aromatic rings. The molecule has 0 aliphatic rings. The van der Waals surface area contributed by atoms with Crippen LogP contribution in [0.1, 0.15) is 15.9 Å². The van der Waals surface area contributed by atoms with E-state index >= 15 is 0 Å². The number of benzene rings is 2. The summed E-state index contributed by atoms with van der Waals surface area (Å²) in [6.45, 7) is 5.39. The minimum atomic E-state index is -3.63. The molecule has 0 saturated heterocycles. The van der Waals surface area contributed by atoms with Gasteiger partial charge in [-0.25, -0.2) is 8.42 Å². The van der Waals surface area contributed by atoms with Gasteiger partial charge in [0.2, 0.25) is 10.0 Å². The predicted molar refractivity (Wildman–Crippen MR) is 112 cm³/mol. The number of amides is 1. The number of rotatable bonds is 10. The molecule has 0 atom stereocenters. The van der Waals surface area contributed by atoms with Crippen LogP contribution in [0.25, 0.3) is 0 Å². The van der Waals surface area contributed by atoms with Gasteiger partial charge in [-0.1, -0.05) is 36.4 Å². The number of nitrogens with one attached hydrogen (secondary N) is 1. The summed E-state index contributed by atoms with van der Waals surface area (Å²) < 4.78 is 27.1. The van der Waals surface area contributed by atoms with Gasteiger partial charge in [0.25, 0.3) is 5.91 Å². The van der Waals surface area contributed by atoms with E-state index in [0.29, 0.717) is 12.1 Å². The van der Waals surface area contributed by atoms with Crippen molar-refractivity contribution in [2.45, 2.75) is 11.4 Å². The molecule has 28 heavy (non-hydrogen) atoms. The molecule has 0 unspecified atom stereocenters. The van der Waals surface area contributed by atoms with Crippen LogP contribution in [0, 0.1) is 0 Å². The smallest absolute Gasteiger partial charge is 0.251 e. The van der Waals surface area contributed by atoms with Gasteiger partial charge >= 0.3 is 0 Å². The van der Waals surface area contributed by atoms with E-state index < -0.39 is 10.0 Å². The van der Waals surface area contributed by atoms with E-state index in [0.717, 1.165) is 12.1 Å². The second-order valence-electron chi connectivity index (χ2n) is 6.66. The number of carbonyl (C=O) groups is 1. The lowest BCUT2D eigenvalue weighted by atomic mass is 10.1. The standard InChI is InChI=1S/C21H27N3O3S/c1-4-15-24(28(26,27)20-8-6-5-7-9-20)17-18-10-12-19(13-11-18)21(25)22-14-16-23(2)3/h4-13H,1,14-17H2,2-3H3,(H,22,25). The van der Waals surface area contributed by atoms with Crippen molar-refractivity contribution in [3.63, 3.8) is 0 Å². The molecule has 0 aliphatic carbocycles. The van der Waals surface area contributed by atoms with Crippen LogP contribution >= 0.6 is 0 Å². The van der Waals surface area contributed by atoms with Gasteiger partial charge in [0, 0.05) is 31.7 Å². The Morgan fingerprint density at radius 1 is 1.07 bits per heavy atom. The van der Waals surface area contributed by atoms with Gasteiger partial charge in [0.05, 0.1) is 4.90 Å². The Hall–Kier alpha value is -2.48. The highest BCUT2D eigenvalue weighted by atomic mass is 32.2. The van der Waals surface area contributed by atoms with Crippen molar-refractivity contribution >= 4 is 15.9 Å². The summed E-state index contributed by atoms with van der Waals surface area (Å²) in [5.74, 6) is -0.145. The van der Waals surface area contributed by atoms with E-state index in [1.165, 1.54) is 4.31 Å². The van der Waals surface area contributed by atoms with Crippen LogP contribution < -0.4 is 5.32 Å². The maximum atomic E-state index is 12.9. The van der Waals surface area contributed by atoms with Gasteiger partial charge in [-0.05, 0) is 43.9 Å². The van der Waals surface area contributed by atoms with E-state index in [9.17, 15) is 13.2 Å². The summed E-state index contributed by atoms with van der Waals surface area (Å²) in [5, 5.41) is 2.86. The van der Waals surface area contributed by atoms with Gasteiger partial charge in [0.1, 0.15) is 0 Å². The molecule has 0 aliphatic heterocycles. The summed E-state index contributed by atoms with van der Waals surface area (Å²) in [6.07, 6.45) is 1.56. The highest BCUT2D eigenvalue weighted by Crippen LogP contribution is 2.18. The lowest BCUT2D eigenvalue weighted by molar-refractivity contribution is 0.0951. The molecule has 0 heterocycles. The minimum absolute atomic E-state index is 0.145. The maximum Gasteiger partial charge on any atom is 0.251 e. The topological polar surface area (TPSA) is 69.7 Å². The first kappa shape index (κ1) is 21.8. The third-order valence-corrected chi connectivity index (χ3v) is 5.96. The van der Waals surface area contributed by atoms with E-state index in [1.807, 2.05) is 19.0 Å². The summed E-state index contributed by atoms with van der Waals surface area (Å²) in [4.78, 5) is 14.4. The Labute approximate surface area is 167 Å². The van der Waals surface area contributed by atoms with Crippen molar-refractivity contribution in [1.29, 1.82) is 0 Å². The van der Waals surface area contributed by atoms with Crippen LogP contribution in [0.5, 0.6) is 0 Å². The molecule has 2 aromatic carbocycles. The summed E-state index contributed by atoms with van der Waals surface area (Å²) in [7, 11) is 0.258. The number of nitrogens with zero attached hydrogens (tertiary/aromatic N) is 2. The largest absolute Gasteiger partial charge is 0.351 e. The zero-order chi connectivity index (χ0) is 20.6. The zero-order valence-corrected chi connectivity index (χ0v) is 17.2. The molecule has 0 bridgehead atoms. The van der Waals surface area contributed by atoms with Crippen molar-refractivity contribution in [3.8, 4) is 0 Å². The minimum Gasteiger partial charge on any atom is -0.351 e. The molecule has 0 radical (unpaired) electrons. The monoisotopic (exact) mass is 401 g/mol. The molecule has 0 aromatic heterocycles. The lowest BCUT2D eigenvalue weighted by Gasteiger charge is -2.21. The first-order valence-electron chi connectivity index (χ1n) is 9.02. The third-order valence-electron chi connectivity index (χ3n) is 4.13. The molecule has 7 heteroatoms. The highest BCUT2D eigenvalue weighted by Gasteiger charge is 2.23. The quantitative estimate of drug-likeness (QED) is 0.621. The van der Waals surface area contributed by atoms with Gasteiger partial charge in [-0.2, -0.15) is 4.31 Å². The van der Waals surface area contributed by atoms with E-state index in [1.54, 1.807) is 60.7 Å². The van der Waals surface area contributed by atoms with Crippen LogP contribution in [0.2, 0.25) is 0 Å².